The number of hydrogen-bond acceptors (Lipinski definition) is 2. The zero-order chi connectivity index (χ0) is 13.9. The summed E-state index contributed by atoms with van der Waals surface area (Å²) in [6, 6.07) is 21.1. The largest absolute Gasteiger partial charge is 0.392 e. The Morgan fingerprint density at radius 3 is 2.45 bits per heavy atom. The quantitative estimate of drug-likeness (QED) is 0.744. The molecule has 0 fully saturated rings. The second-order valence-electron chi connectivity index (χ2n) is 4.87. The lowest BCUT2D eigenvalue weighted by Crippen LogP contribution is -1.86. The molecule has 0 aliphatic carbocycles. The molecule has 0 radical (unpaired) electrons. The van der Waals surface area contributed by atoms with Gasteiger partial charge in [0.25, 0.3) is 0 Å². The lowest BCUT2D eigenvalue weighted by atomic mass is 10.1. The maximum atomic E-state index is 9.15. The van der Waals surface area contributed by atoms with E-state index in [9.17, 15) is 0 Å². The third-order valence-electron chi connectivity index (χ3n) is 3.37. The smallest absolute Gasteiger partial charge is 0.0681 e. The van der Waals surface area contributed by atoms with Gasteiger partial charge in [-0.3, -0.25) is 0 Å². The molecule has 0 aliphatic rings. The summed E-state index contributed by atoms with van der Waals surface area (Å²) < 4.78 is 0. The molecule has 0 saturated heterocycles. The molecule has 3 aromatic carbocycles. The molecular formula is C18H16OS. The van der Waals surface area contributed by atoms with Crippen LogP contribution in [0, 0.1) is 6.92 Å². The Labute approximate surface area is 123 Å². The number of aliphatic hydroxyl groups excluding tert-OH is 1. The molecule has 20 heavy (non-hydrogen) atoms. The van der Waals surface area contributed by atoms with E-state index in [1.54, 1.807) is 11.8 Å². The summed E-state index contributed by atoms with van der Waals surface area (Å²) in [6.07, 6.45) is 0. The molecule has 0 spiro atoms. The number of aryl methyl sites for hydroxylation is 1. The number of aliphatic hydroxyl groups is 1. The SMILES string of the molecule is Cc1cc(CO)ccc1Sc1ccc2ccccc2c1. The highest BCUT2D eigenvalue weighted by molar-refractivity contribution is 7.99. The van der Waals surface area contributed by atoms with Crippen LogP contribution in [0.4, 0.5) is 0 Å². The summed E-state index contributed by atoms with van der Waals surface area (Å²) in [7, 11) is 0. The first-order valence-corrected chi connectivity index (χ1v) is 7.45. The summed E-state index contributed by atoms with van der Waals surface area (Å²) in [5, 5.41) is 11.7. The molecule has 3 rings (SSSR count). The van der Waals surface area contributed by atoms with Crippen molar-refractivity contribution in [1.82, 2.24) is 0 Å². The van der Waals surface area contributed by atoms with Crippen LogP contribution in [-0.2, 0) is 6.61 Å². The van der Waals surface area contributed by atoms with Gasteiger partial charge in [-0.1, -0.05) is 54.2 Å². The molecule has 0 atom stereocenters. The van der Waals surface area contributed by atoms with E-state index in [2.05, 4.69) is 55.5 Å². The average Bonchev–Trinajstić information content (AvgIpc) is 2.49. The van der Waals surface area contributed by atoms with Gasteiger partial charge in [0, 0.05) is 9.79 Å². The van der Waals surface area contributed by atoms with Gasteiger partial charge in [0.05, 0.1) is 6.61 Å². The molecular weight excluding hydrogens is 264 g/mol. The summed E-state index contributed by atoms with van der Waals surface area (Å²) in [5.74, 6) is 0. The van der Waals surface area contributed by atoms with Gasteiger partial charge in [0.15, 0.2) is 0 Å². The highest BCUT2D eigenvalue weighted by Gasteiger charge is 2.03. The number of hydrogen-bond donors (Lipinski definition) is 1. The van der Waals surface area contributed by atoms with Gasteiger partial charge in [0.2, 0.25) is 0 Å². The molecule has 2 heteroatoms. The first-order valence-electron chi connectivity index (χ1n) is 6.63. The van der Waals surface area contributed by atoms with Crippen molar-refractivity contribution in [1.29, 1.82) is 0 Å². The molecule has 0 bridgehead atoms. The zero-order valence-corrected chi connectivity index (χ0v) is 12.2. The van der Waals surface area contributed by atoms with Crippen molar-refractivity contribution in [2.75, 3.05) is 0 Å². The molecule has 0 unspecified atom stereocenters. The van der Waals surface area contributed by atoms with Crippen molar-refractivity contribution in [3.63, 3.8) is 0 Å². The number of fused-ring (bicyclic) bond motifs is 1. The molecule has 0 heterocycles. The van der Waals surface area contributed by atoms with Crippen LogP contribution in [0.3, 0.4) is 0 Å². The fourth-order valence-corrected chi connectivity index (χ4v) is 3.21. The first kappa shape index (κ1) is 13.2. The third-order valence-corrected chi connectivity index (χ3v) is 4.54. The molecule has 1 nitrogen and oxygen atoms in total. The van der Waals surface area contributed by atoms with Crippen LogP contribution in [-0.4, -0.2) is 5.11 Å². The number of rotatable bonds is 3. The Morgan fingerprint density at radius 1 is 0.900 bits per heavy atom. The predicted octanol–water partition coefficient (Wildman–Crippen LogP) is 4.79. The maximum absolute atomic E-state index is 9.15. The molecule has 100 valence electrons. The van der Waals surface area contributed by atoms with Crippen LogP contribution in [0.25, 0.3) is 10.8 Å². The maximum Gasteiger partial charge on any atom is 0.0681 e. The van der Waals surface area contributed by atoms with Crippen LogP contribution in [0.2, 0.25) is 0 Å². The van der Waals surface area contributed by atoms with Gasteiger partial charge in [-0.25, -0.2) is 0 Å². The minimum atomic E-state index is 0.0990. The van der Waals surface area contributed by atoms with E-state index in [0.717, 1.165) is 5.56 Å². The van der Waals surface area contributed by atoms with Crippen molar-refractivity contribution in [3.8, 4) is 0 Å². The van der Waals surface area contributed by atoms with Crippen molar-refractivity contribution >= 4 is 22.5 Å². The van der Waals surface area contributed by atoms with Gasteiger partial charge in [-0.2, -0.15) is 0 Å². The Kier molecular flexibility index (Phi) is 3.77. The fourth-order valence-electron chi connectivity index (χ4n) is 2.28. The number of benzene rings is 3. The van der Waals surface area contributed by atoms with Gasteiger partial charge in [-0.15, -0.1) is 0 Å². The van der Waals surface area contributed by atoms with Crippen molar-refractivity contribution in [3.05, 3.63) is 71.8 Å². The molecule has 1 N–H and O–H groups in total. The van der Waals surface area contributed by atoms with Crippen LogP contribution < -0.4 is 0 Å². The van der Waals surface area contributed by atoms with Gasteiger partial charge >= 0.3 is 0 Å². The molecule has 3 aromatic rings. The van der Waals surface area contributed by atoms with E-state index in [0.29, 0.717) is 0 Å². The van der Waals surface area contributed by atoms with Crippen LogP contribution >= 0.6 is 11.8 Å². The topological polar surface area (TPSA) is 20.2 Å². The van der Waals surface area contributed by atoms with Gasteiger partial charge in [0.1, 0.15) is 0 Å². The fraction of sp³-hybridized carbons (Fsp3) is 0.111. The second-order valence-corrected chi connectivity index (χ2v) is 5.98. The predicted molar refractivity (Wildman–Crippen MR) is 85.2 cm³/mol. The van der Waals surface area contributed by atoms with Crippen LogP contribution in [0.15, 0.2) is 70.5 Å². The highest BCUT2D eigenvalue weighted by atomic mass is 32.2. The van der Waals surface area contributed by atoms with E-state index >= 15 is 0 Å². The van der Waals surface area contributed by atoms with Crippen molar-refractivity contribution < 1.29 is 5.11 Å². The first-order chi connectivity index (χ1) is 9.76. The summed E-state index contributed by atoms with van der Waals surface area (Å²) in [6.45, 7) is 2.18. The molecule has 0 saturated carbocycles. The minimum Gasteiger partial charge on any atom is -0.392 e. The van der Waals surface area contributed by atoms with Crippen LogP contribution in [0.5, 0.6) is 0 Å². The average molecular weight is 280 g/mol. The molecule has 0 amide bonds. The minimum absolute atomic E-state index is 0.0990. The second kappa shape index (κ2) is 5.70. The van der Waals surface area contributed by atoms with Gasteiger partial charge < -0.3 is 5.11 Å². The van der Waals surface area contributed by atoms with E-state index in [4.69, 9.17) is 5.11 Å². The highest BCUT2D eigenvalue weighted by Crippen LogP contribution is 2.32. The lowest BCUT2D eigenvalue weighted by Gasteiger charge is -2.08. The summed E-state index contributed by atoms with van der Waals surface area (Å²) in [4.78, 5) is 2.47. The van der Waals surface area contributed by atoms with E-state index < -0.39 is 0 Å². The van der Waals surface area contributed by atoms with Crippen molar-refractivity contribution in [2.24, 2.45) is 0 Å². The van der Waals surface area contributed by atoms with Gasteiger partial charge in [-0.05, 0) is 47.0 Å². The van der Waals surface area contributed by atoms with E-state index in [1.807, 2.05) is 12.1 Å². The Morgan fingerprint density at radius 2 is 1.70 bits per heavy atom. The Bertz CT molecular complexity index is 749. The van der Waals surface area contributed by atoms with Crippen LogP contribution in [0.1, 0.15) is 11.1 Å². The monoisotopic (exact) mass is 280 g/mol. The normalized spacial score (nSPS) is 10.9. The third kappa shape index (κ3) is 2.72. The molecule has 0 aliphatic heterocycles. The Balaban J connectivity index is 1.92. The molecule has 0 aromatic heterocycles. The van der Waals surface area contributed by atoms with E-state index in [1.165, 1.54) is 26.1 Å². The lowest BCUT2D eigenvalue weighted by molar-refractivity contribution is 0.281. The standard InChI is InChI=1S/C18H16OS/c1-13-10-14(12-19)6-9-18(13)20-17-8-7-15-4-2-3-5-16(15)11-17/h2-11,19H,12H2,1H3. The van der Waals surface area contributed by atoms with E-state index in [-0.39, 0.29) is 6.61 Å². The summed E-state index contributed by atoms with van der Waals surface area (Å²) >= 11 is 1.77. The Hall–Kier alpha value is -1.77. The van der Waals surface area contributed by atoms with Crippen molar-refractivity contribution in [2.45, 2.75) is 23.3 Å². The zero-order valence-electron chi connectivity index (χ0n) is 11.3. The summed E-state index contributed by atoms with van der Waals surface area (Å²) in [5.41, 5.74) is 2.17.